The van der Waals surface area contributed by atoms with E-state index in [1.54, 1.807) is 0 Å². The van der Waals surface area contributed by atoms with Crippen LogP contribution >= 0.6 is 11.6 Å². The second-order valence-electron chi connectivity index (χ2n) is 11.5. The van der Waals surface area contributed by atoms with Crippen molar-refractivity contribution in [3.05, 3.63) is 107 Å². The molecule has 0 spiro atoms. The molecule has 1 aromatic heterocycles. The van der Waals surface area contributed by atoms with Gasteiger partial charge >= 0.3 is 0 Å². The van der Waals surface area contributed by atoms with E-state index in [9.17, 15) is 0 Å². The minimum absolute atomic E-state index is 0.447. The molecule has 0 fully saturated rings. The summed E-state index contributed by atoms with van der Waals surface area (Å²) in [6.45, 7) is 12.3. The highest BCUT2D eigenvalue weighted by Crippen LogP contribution is 2.36. The Kier molecular flexibility index (Phi) is 12.4. The van der Waals surface area contributed by atoms with Crippen LogP contribution in [0.2, 0.25) is 5.02 Å². The van der Waals surface area contributed by atoms with Crippen molar-refractivity contribution in [1.82, 2.24) is 14.5 Å². The van der Waals surface area contributed by atoms with E-state index in [1.165, 1.54) is 5.56 Å². The van der Waals surface area contributed by atoms with Crippen molar-refractivity contribution >= 4 is 22.6 Å². The van der Waals surface area contributed by atoms with Crippen LogP contribution in [0.1, 0.15) is 51.2 Å². The maximum absolute atomic E-state index is 6.50. The minimum Gasteiger partial charge on any atom is -0.493 e. The monoisotopic (exact) mass is 639 g/mol. The molecule has 0 N–H and O–H groups in total. The Hall–Kier alpha value is -4.00. The van der Waals surface area contributed by atoms with Gasteiger partial charge in [0.2, 0.25) is 0 Å². The third kappa shape index (κ3) is 9.05. The summed E-state index contributed by atoms with van der Waals surface area (Å²) in [6.07, 6.45) is 3.90. The average Bonchev–Trinajstić information content (AvgIpc) is 3.45. The maximum Gasteiger partial charge on any atom is 0.144 e. The highest BCUT2D eigenvalue weighted by molar-refractivity contribution is 6.30. The van der Waals surface area contributed by atoms with Crippen molar-refractivity contribution in [3.8, 4) is 28.6 Å². The first-order chi connectivity index (χ1) is 22.6. The van der Waals surface area contributed by atoms with Crippen LogP contribution in [0.15, 0.2) is 91.0 Å². The molecule has 0 radical (unpaired) electrons. The fourth-order valence-electron chi connectivity index (χ4n) is 5.53. The molecule has 0 atom stereocenters. The number of nitrogens with zero attached hydrogens (tertiary/aromatic N) is 3. The molecule has 6 nitrogen and oxygen atoms in total. The van der Waals surface area contributed by atoms with Gasteiger partial charge in [-0.15, -0.1) is 0 Å². The first-order valence-corrected chi connectivity index (χ1v) is 17.0. The lowest BCUT2D eigenvalue weighted by Crippen LogP contribution is -2.25. The largest absolute Gasteiger partial charge is 0.493 e. The van der Waals surface area contributed by atoms with Gasteiger partial charge in [-0.05, 0) is 73.5 Å². The fraction of sp³-hybridized carbons (Fsp3) is 0.359. The highest BCUT2D eigenvalue weighted by Gasteiger charge is 2.18. The van der Waals surface area contributed by atoms with Crippen LogP contribution in [0, 0.1) is 0 Å². The molecule has 0 saturated carbocycles. The third-order valence-corrected chi connectivity index (χ3v) is 8.49. The van der Waals surface area contributed by atoms with Crippen LogP contribution in [0.5, 0.6) is 17.2 Å². The normalized spacial score (nSPS) is 11.3. The zero-order chi connectivity index (χ0) is 32.1. The summed E-state index contributed by atoms with van der Waals surface area (Å²) in [5.74, 6) is 3.27. The lowest BCUT2D eigenvalue weighted by Gasteiger charge is -2.17. The first-order valence-electron chi connectivity index (χ1n) is 16.6. The Morgan fingerprint density at radius 2 is 1.48 bits per heavy atom. The molecule has 0 aliphatic heterocycles. The zero-order valence-corrected chi connectivity index (χ0v) is 28.1. The number of hydrogen-bond donors (Lipinski definition) is 0. The molecule has 0 amide bonds. The van der Waals surface area contributed by atoms with Crippen molar-refractivity contribution in [1.29, 1.82) is 0 Å². The van der Waals surface area contributed by atoms with Gasteiger partial charge in [0.25, 0.3) is 0 Å². The summed E-state index contributed by atoms with van der Waals surface area (Å²) in [7, 11) is 0. The highest BCUT2D eigenvalue weighted by atomic mass is 35.5. The van der Waals surface area contributed by atoms with Gasteiger partial charge in [0, 0.05) is 36.7 Å². The second-order valence-corrected chi connectivity index (χ2v) is 11.9. The average molecular weight is 640 g/mol. The number of fused-ring (bicyclic) bond motifs is 1. The van der Waals surface area contributed by atoms with Gasteiger partial charge in [-0.25, -0.2) is 4.98 Å². The molecule has 5 aromatic rings. The minimum atomic E-state index is 0.447. The smallest absolute Gasteiger partial charge is 0.144 e. The van der Waals surface area contributed by atoms with E-state index in [1.807, 2.05) is 60.7 Å². The molecule has 242 valence electrons. The predicted molar refractivity (Wildman–Crippen MR) is 189 cm³/mol. The SMILES string of the molecule is CCCCn1c(-c2ccc(OCCc3ccc(Cl)cc3)cc2OCc2ccccc2)nc2ccc(OCCCN(CC)CC)cc21. The molecule has 5 rings (SSSR count). The number of imidazole rings is 1. The quantitative estimate of drug-likeness (QED) is 0.0894. The van der Waals surface area contributed by atoms with E-state index in [0.717, 1.165) is 102 Å². The molecule has 0 aliphatic rings. The fourth-order valence-corrected chi connectivity index (χ4v) is 5.65. The molecule has 4 aromatic carbocycles. The summed E-state index contributed by atoms with van der Waals surface area (Å²) < 4.78 is 21.2. The number of aryl methyl sites for hydroxylation is 1. The zero-order valence-electron chi connectivity index (χ0n) is 27.4. The lowest BCUT2D eigenvalue weighted by molar-refractivity contribution is 0.249. The topological polar surface area (TPSA) is 48.8 Å². The summed E-state index contributed by atoms with van der Waals surface area (Å²) >= 11 is 6.06. The number of aromatic nitrogens is 2. The summed E-state index contributed by atoms with van der Waals surface area (Å²) in [6, 6.07) is 30.4. The van der Waals surface area contributed by atoms with Crippen LogP contribution in [0.4, 0.5) is 0 Å². The van der Waals surface area contributed by atoms with Gasteiger partial charge in [-0.3, -0.25) is 0 Å². The van der Waals surface area contributed by atoms with E-state index in [0.29, 0.717) is 19.8 Å². The van der Waals surface area contributed by atoms with Gasteiger partial charge in [-0.1, -0.05) is 81.3 Å². The van der Waals surface area contributed by atoms with E-state index in [2.05, 4.69) is 60.6 Å². The van der Waals surface area contributed by atoms with E-state index in [-0.39, 0.29) is 0 Å². The molecular weight excluding hydrogens is 594 g/mol. The Morgan fingerprint density at radius 1 is 0.739 bits per heavy atom. The number of unbranched alkanes of at least 4 members (excludes halogenated alkanes) is 1. The Bertz CT molecular complexity index is 1650. The number of rotatable bonds is 18. The molecular formula is C39H46ClN3O3. The van der Waals surface area contributed by atoms with Gasteiger partial charge in [0.15, 0.2) is 0 Å². The standard InChI is InChI=1S/C39H46ClN3O3/c1-4-7-24-43-37-27-33(44-25-11-23-42(5-2)6-3)19-21-36(37)41-39(43)35-20-18-34(45-26-22-30-14-16-32(40)17-15-30)28-38(35)46-29-31-12-9-8-10-13-31/h8-10,12-21,27-28H,4-7,11,22-26,29H2,1-3H3. The lowest BCUT2D eigenvalue weighted by atomic mass is 10.1. The summed E-state index contributed by atoms with van der Waals surface area (Å²) in [5.41, 5.74) is 5.24. The van der Waals surface area contributed by atoms with E-state index >= 15 is 0 Å². The Balaban J connectivity index is 1.41. The van der Waals surface area contributed by atoms with Crippen LogP contribution < -0.4 is 14.2 Å². The van der Waals surface area contributed by atoms with Crippen molar-refractivity contribution in [3.63, 3.8) is 0 Å². The number of hydrogen-bond acceptors (Lipinski definition) is 5. The Morgan fingerprint density at radius 3 is 2.24 bits per heavy atom. The van der Waals surface area contributed by atoms with Crippen molar-refractivity contribution in [2.45, 2.75) is 59.6 Å². The molecule has 7 heteroatoms. The van der Waals surface area contributed by atoms with Crippen LogP contribution in [0.25, 0.3) is 22.4 Å². The molecule has 1 heterocycles. The van der Waals surface area contributed by atoms with Crippen LogP contribution in [-0.4, -0.2) is 47.3 Å². The predicted octanol–water partition coefficient (Wildman–Crippen LogP) is 9.47. The van der Waals surface area contributed by atoms with Gasteiger partial charge in [-0.2, -0.15) is 0 Å². The molecule has 0 unspecified atom stereocenters. The van der Waals surface area contributed by atoms with Gasteiger partial charge < -0.3 is 23.7 Å². The summed E-state index contributed by atoms with van der Waals surface area (Å²) in [4.78, 5) is 7.56. The number of halogens is 1. The van der Waals surface area contributed by atoms with Crippen molar-refractivity contribution in [2.24, 2.45) is 0 Å². The first kappa shape index (κ1) is 33.4. The molecule has 0 saturated heterocycles. The van der Waals surface area contributed by atoms with E-state index < -0.39 is 0 Å². The molecule has 0 bridgehead atoms. The second kappa shape index (κ2) is 17.1. The van der Waals surface area contributed by atoms with Crippen molar-refractivity contribution in [2.75, 3.05) is 32.8 Å². The van der Waals surface area contributed by atoms with Gasteiger partial charge in [0.05, 0.1) is 29.8 Å². The number of benzene rings is 4. The number of ether oxygens (including phenoxy) is 3. The van der Waals surface area contributed by atoms with Crippen molar-refractivity contribution < 1.29 is 14.2 Å². The van der Waals surface area contributed by atoms with Crippen LogP contribution in [0.3, 0.4) is 0 Å². The van der Waals surface area contributed by atoms with Crippen LogP contribution in [-0.2, 0) is 19.6 Å². The third-order valence-electron chi connectivity index (χ3n) is 8.24. The molecule has 46 heavy (non-hydrogen) atoms. The Labute approximate surface area is 278 Å². The summed E-state index contributed by atoms with van der Waals surface area (Å²) in [5, 5.41) is 0.736. The van der Waals surface area contributed by atoms with Gasteiger partial charge in [0.1, 0.15) is 29.7 Å². The maximum atomic E-state index is 6.50. The molecule has 0 aliphatic carbocycles. The van der Waals surface area contributed by atoms with E-state index in [4.69, 9.17) is 30.8 Å².